The number of aryl methyl sites for hydroxylation is 3. The van der Waals surface area contributed by atoms with Crippen molar-refractivity contribution in [1.29, 1.82) is 0 Å². The molecule has 0 amide bonds. The zero-order valence-corrected chi connectivity index (χ0v) is 14.0. The fraction of sp³-hybridized carbons (Fsp3) is 0.167. The van der Waals surface area contributed by atoms with E-state index in [-0.39, 0.29) is 5.95 Å². The zero-order chi connectivity index (χ0) is 17.1. The Balaban J connectivity index is 1.89. The highest BCUT2D eigenvalue weighted by molar-refractivity contribution is 5.65. The van der Waals surface area contributed by atoms with Crippen LogP contribution < -0.4 is 16.4 Å². The Bertz CT molecular complexity index is 838. The number of nitrogens with one attached hydrogen (secondary N) is 2. The summed E-state index contributed by atoms with van der Waals surface area (Å²) in [6.45, 7) is 6.18. The van der Waals surface area contributed by atoms with Crippen molar-refractivity contribution >= 4 is 29.2 Å². The summed E-state index contributed by atoms with van der Waals surface area (Å²) in [6.07, 6.45) is 0. The molecule has 2 aromatic carbocycles. The Labute approximate surface area is 141 Å². The first kappa shape index (κ1) is 15.7. The summed E-state index contributed by atoms with van der Waals surface area (Å²) in [5.41, 5.74) is 11.2. The predicted octanol–water partition coefficient (Wildman–Crippen LogP) is 3.87. The van der Waals surface area contributed by atoms with Crippen LogP contribution in [0.1, 0.15) is 16.7 Å². The summed E-state index contributed by atoms with van der Waals surface area (Å²) in [6, 6.07) is 13.9. The first-order valence-electron chi connectivity index (χ1n) is 7.70. The summed E-state index contributed by atoms with van der Waals surface area (Å²) in [7, 11) is 0. The molecular formula is C18H20N6. The van der Waals surface area contributed by atoms with E-state index < -0.39 is 0 Å². The van der Waals surface area contributed by atoms with Gasteiger partial charge < -0.3 is 16.4 Å². The summed E-state index contributed by atoms with van der Waals surface area (Å²) >= 11 is 0. The van der Waals surface area contributed by atoms with E-state index in [4.69, 9.17) is 5.73 Å². The Morgan fingerprint density at radius 1 is 0.792 bits per heavy atom. The number of hydrogen-bond acceptors (Lipinski definition) is 6. The summed E-state index contributed by atoms with van der Waals surface area (Å²) in [5.74, 6) is 0.975. The minimum absolute atomic E-state index is 0.161. The molecule has 0 saturated heterocycles. The topological polar surface area (TPSA) is 88.8 Å². The molecule has 0 spiro atoms. The number of para-hydroxylation sites is 1. The number of aromatic nitrogens is 3. The van der Waals surface area contributed by atoms with Gasteiger partial charge in [0.1, 0.15) is 0 Å². The third kappa shape index (κ3) is 3.60. The third-order valence-electron chi connectivity index (χ3n) is 3.60. The number of hydrogen-bond donors (Lipinski definition) is 3. The van der Waals surface area contributed by atoms with Crippen molar-refractivity contribution in [2.24, 2.45) is 0 Å². The summed E-state index contributed by atoms with van der Waals surface area (Å²) < 4.78 is 0. The molecule has 0 saturated carbocycles. The maximum Gasteiger partial charge on any atom is 0.233 e. The first-order valence-corrected chi connectivity index (χ1v) is 7.70. The van der Waals surface area contributed by atoms with Crippen molar-refractivity contribution in [2.45, 2.75) is 20.8 Å². The van der Waals surface area contributed by atoms with E-state index in [0.29, 0.717) is 11.9 Å². The molecule has 0 unspecified atom stereocenters. The van der Waals surface area contributed by atoms with Gasteiger partial charge >= 0.3 is 0 Å². The summed E-state index contributed by atoms with van der Waals surface area (Å²) in [4.78, 5) is 12.7. The fourth-order valence-corrected chi connectivity index (χ4v) is 2.64. The first-order chi connectivity index (χ1) is 11.5. The van der Waals surface area contributed by atoms with E-state index in [1.807, 2.05) is 30.3 Å². The van der Waals surface area contributed by atoms with Crippen molar-refractivity contribution in [2.75, 3.05) is 16.4 Å². The van der Waals surface area contributed by atoms with E-state index in [1.165, 1.54) is 5.56 Å². The van der Waals surface area contributed by atoms with Crippen LogP contribution in [0.5, 0.6) is 0 Å². The number of rotatable bonds is 4. The quantitative estimate of drug-likeness (QED) is 0.676. The Morgan fingerprint density at radius 3 is 2.00 bits per heavy atom. The molecule has 6 nitrogen and oxygen atoms in total. The van der Waals surface area contributed by atoms with Gasteiger partial charge in [-0.3, -0.25) is 0 Å². The second-order valence-corrected chi connectivity index (χ2v) is 5.73. The monoisotopic (exact) mass is 320 g/mol. The molecule has 3 rings (SSSR count). The second-order valence-electron chi connectivity index (χ2n) is 5.73. The molecule has 0 aliphatic carbocycles. The van der Waals surface area contributed by atoms with Crippen LogP contribution in [0.4, 0.5) is 29.2 Å². The average molecular weight is 320 g/mol. The van der Waals surface area contributed by atoms with Crippen LogP contribution in [-0.2, 0) is 0 Å². The lowest BCUT2D eigenvalue weighted by Crippen LogP contribution is -2.08. The molecule has 6 heteroatoms. The predicted molar refractivity (Wildman–Crippen MR) is 97.9 cm³/mol. The number of nitrogens with zero attached hydrogens (tertiary/aromatic N) is 3. The highest BCUT2D eigenvalue weighted by Gasteiger charge is 2.09. The lowest BCUT2D eigenvalue weighted by molar-refractivity contribution is 1.07. The van der Waals surface area contributed by atoms with Crippen LogP contribution in [-0.4, -0.2) is 15.0 Å². The molecule has 1 heterocycles. The van der Waals surface area contributed by atoms with Crippen LogP contribution in [0.25, 0.3) is 0 Å². The molecule has 0 bridgehead atoms. The van der Waals surface area contributed by atoms with Crippen molar-refractivity contribution < 1.29 is 0 Å². The van der Waals surface area contributed by atoms with Crippen LogP contribution >= 0.6 is 0 Å². The molecule has 0 aliphatic rings. The van der Waals surface area contributed by atoms with E-state index in [9.17, 15) is 0 Å². The van der Waals surface area contributed by atoms with Gasteiger partial charge in [-0.1, -0.05) is 35.9 Å². The van der Waals surface area contributed by atoms with Crippen LogP contribution in [0, 0.1) is 20.8 Å². The Hall–Kier alpha value is -3.15. The van der Waals surface area contributed by atoms with Crippen molar-refractivity contribution in [3.05, 3.63) is 59.2 Å². The van der Waals surface area contributed by atoms with Gasteiger partial charge in [0.2, 0.25) is 17.8 Å². The molecule has 0 fully saturated rings. The van der Waals surface area contributed by atoms with Gasteiger partial charge in [0.25, 0.3) is 0 Å². The molecular weight excluding hydrogens is 300 g/mol. The molecule has 0 atom stereocenters. The van der Waals surface area contributed by atoms with E-state index >= 15 is 0 Å². The minimum Gasteiger partial charge on any atom is -0.368 e. The molecule has 3 aromatic rings. The Kier molecular flexibility index (Phi) is 4.29. The third-order valence-corrected chi connectivity index (χ3v) is 3.60. The van der Waals surface area contributed by atoms with Crippen molar-refractivity contribution in [3.63, 3.8) is 0 Å². The smallest absolute Gasteiger partial charge is 0.233 e. The van der Waals surface area contributed by atoms with E-state index in [0.717, 1.165) is 22.5 Å². The van der Waals surface area contributed by atoms with Gasteiger partial charge in [-0.15, -0.1) is 0 Å². The van der Waals surface area contributed by atoms with E-state index in [2.05, 4.69) is 58.5 Å². The van der Waals surface area contributed by atoms with Gasteiger partial charge in [0.15, 0.2) is 0 Å². The molecule has 4 N–H and O–H groups in total. The summed E-state index contributed by atoms with van der Waals surface area (Å²) in [5, 5.41) is 6.38. The fourth-order valence-electron chi connectivity index (χ4n) is 2.64. The van der Waals surface area contributed by atoms with Crippen LogP contribution in [0.15, 0.2) is 42.5 Å². The van der Waals surface area contributed by atoms with Gasteiger partial charge in [0, 0.05) is 11.4 Å². The van der Waals surface area contributed by atoms with Gasteiger partial charge in [-0.2, -0.15) is 15.0 Å². The highest BCUT2D eigenvalue weighted by atomic mass is 15.2. The molecule has 0 aliphatic heterocycles. The maximum atomic E-state index is 5.82. The van der Waals surface area contributed by atoms with Crippen molar-refractivity contribution in [3.8, 4) is 0 Å². The number of nitrogen functional groups attached to an aromatic ring is 1. The SMILES string of the molecule is Cc1cc(C)c(Nc2nc(N)nc(Nc3ccccc3)n2)c(C)c1. The molecule has 0 radical (unpaired) electrons. The highest BCUT2D eigenvalue weighted by Crippen LogP contribution is 2.25. The standard InChI is InChI=1S/C18H20N6/c1-11-9-12(2)15(13(3)10-11)21-18-23-16(19)22-17(24-18)20-14-7-5-4-6-8-14/h4-10H,1-3H3,(H4,19,20,21,22,23,24). The van der Waals surface area contributed by atoms with Crippen LogP contribution in [0.2, 0.25) is 0 Å². The lowest BCUT2D eigenvalue weighted by Gasteiger charge is -2.13. The second kappa shape index (κ2) is 6.54. The lowest BCUT2D eigenvalue weighted by atomic mass is 10.1. The number of benzene rings is 2. The maximum absolute atomic E-state index is 5.82. The van der Waals surface area contributed by atoms with E-state index in [1.54, 1.807) is 0 Å². The zero-order valence-electron chi connectivity index (χ0n) is 14.0. The minimum atomic E-state index is 0.161. The number of nitrogens with two attached hydrogens (primary N) is 1. The largest absolute Gasteiger partial charge is 0.368 e. The van der Waals surface area contributed by atoms with Gasteiger partial charge in [0.05, 0.1) is 0 Å². The van der Waals surface area contributed by atoms with Crippen LogP contribution in [0.3, 0.4) is 0 Å². The normalized spacial score (nSPS) is 10.5. The van der Waals surface area contributed by atoms with Gasteiger partial charge in [-0.25, -0.2) is 0 Å². The molecule has 122 valence electrons. The average Bonchev–Trinajstić information content (AvgIpc) is 2.51. The number of anilines is 5. The Morgan fingerprint density at radius 2 is 1.38 bits per heavy atom. The molecule has 1 aromatic heterocycles. The van der Waals surface area contributed by atoms with Crippen molar-refractivity contribution in [1.82, 2.24) is 15.0 Å². The molecule has 24 heavy (non-hydrogen) atoms. The van der Waals surface area contributed by atoms with Gasteiger partial charge in [-0.05, 0) is 44.0 Å².